The molecule has 8 nitrogen and oxygen atoms in total. The van der Waals surface area contributed by atoms with Crippen LogP contribution in [0.15, 0.2) is 66.7 Å². The first kappa shape index (κ1) is 21.2. The van der Waals surface area contributed by atoms with Crippen molar-refractivity contribution < 1.29 is 14.3 Å². The Hall–Kier alpha value is -4.30. The molecule has 5 aromatic rings. The Labute approximate surface area is 205 Å². The van der Waals surface area contributed by atoms with Crippen LogP contribution < -0.4 is 20.5 Å². The van der Waals surface area contributed by atoms with Crippen LogP contribution in [0.1, 0.15) is 21.5 Å². The zero-order valence-electron chi connectivity index (χ0n) is 18.5. The van der Waals surface area contributed by atoms with E-state index in [2.05, 4.69) is 5.32 Å². The average molecular weight is 486 g/mol. The number of benzene rings is 3. The van der Waals surface area contributed by atoms with Crippen LogP contribution in [0.3, 0.4) is 0 Å². The van der Waals surface area contributed by atoms with E-state index in [9.17, 15) is 4.79 Å². The number of hydrogen-bond acceptors (Lipinski definition) is 6. The highest BCUT2D eigenvalue weighted by molar-refractivity contribution is 6.30. The highest BCUT2D eigenvalue weighted by Crippen LogP contribution is 2.33. The fourth-order valence-electron chi connectivity index (χ4n) is 4.19. The Morgan fingerprint density at radius 3 is 2.49 bits per heavy atom. The van der Waals surface area contributed by atoms with Gasteiger partial charge in [-0.15, -0.1) is 0 Å². The van der Waals surface area contributed by atoms with Crippen LogP contribution in [0, 0.1) is 0 Å². The Kier molecular flexibility index (Phi) is 5.15. The number of aromatic nitrogens is 3. The molecule has 0 aliphatic carbocycles. The number of para-hydroxylation sites is 2. The molecule has 3 aromatic carbocycles. The van der Waals surface area contributed by atoms with Crippen molar-refractivity contribution in [3.63, 3.8) is 0 Å². The van der Waals surface area contributed by atoms with Crippen molar-refractivity contribution in [3.8, 4) is 11.5 Å². The Balaban J connectivity index is 1.39. The average Bonchev–Trinajstić information content (AvgIpc) is 3.44. The van der Waals surface area contributed by atoms with Gasteiger partial charge in [0.2, 0.25) is 6.79 Å². The van der Waals surface area contributed by atoms with Gasteiger partial charge < -0.3 is 25.1 Å². The monoisotopic (exact) mass is 485 g/mol. The molecule has 174 valence electrons. The third kappa shape index (κ3) is 3.87. The van der Waals surface area contributed by atoms with Crippen LogP contribution in [-0.4, -0.2) is 27.2 Å². The van der Waals surface area contributed by atoms with Crippen molar-refractivity contribution in [2.45, 2.75) is 13.1 Å². The summed E-state index contributed by atoms with van der Waals surface area (Å²) in [5.41, 5.74) is 11.1. The Bertz CT molecular complexity index is 1600. The van der Waals surface area contributed by atoms with Gasteiger partial charge in [0.15, 0.2) is 17.1 Å². The number of amides is 1. The number of rotatable bonds is 5. The number of anilines is 1. The lowest BCUT2D eigenvalue weighted by Crippen LogP contribution is -2.24. The van der Waals surface area contributed by atoms with Gasteiger partial charge in [-0.05, 0) is 47.5 Å². The fraction of sp³-hybridized carbons (Fsp3) is 0.115. The maximum absolute atomic E-state index is 13.4. The van der Waals surface area contributed by atoms with Crippen LogP contribution in [0.2, 0.25) is 5.02 Å². The number of fused-ring (bicyclic) bond motifs is 3. The molecule has 3 N–H and O–H groups in total. The molecule has 2 aromatic heterocycles. The van der Waals surface area contributed by atoms with Crippen LogP contribution in [-0.2, 0) is 13.1 Å². The molecule has 0 saturated carbocycles. The third-order valence-electron chi connectivity index (χ3n) is 5.96. The van der Waals surface area contributed by atoms with Crippen molar-refractivity contribution in [3.05, 3.63) is 88.4 Å². The summed E-state index contributed by atoms with van der Waals surface area (Å²) in [5.74, 6) is 1.32. The molecule has 0 bridgehead atoms. The summed E-state index contributed by atoms with van der Waals surface area (Å²) in [5, 5.41) is 3.60. The zero-order valence-corrected chi connectivity index (χ0v) is 19.2. The van der Waals surface area contributed by atoms with Crippen LogP contribution >= 0.6 is 11.6 Å². The van der Waals surface area contributed by atoms with Gasteiger partial charge in [0.1, 0.15) is 16.9 Å². The second-order valence-corrected chi connectivity index (χ2v) is 8.66. The van der Waals surface area contributed by atoms with E-state index in [0.29, 0.717) is 57.7 Å². The minimum Gasteiger partial charge on any atom is -0.454 e. The molecule has 0 unspecified atom stereocenters. The predicted octanol–water partition coefficient (Wildman–Crippen LogP) is 4.53. The second kappa shape index (κ2) is 8.48. The SMILES string of the molecule is Nc1c(C(=O)NCc2ccc3c(c2)OCO3)c2nc3ccccc3nc2n1Cc1ccc(Cl)cc1. The Morgan fingerprint density at radius 2 is 1.69 bits per heavy atom. The van der Waals surface area contributed by atoms with Crippen LogP contribution in [0.4, 0.5) is 5.82 Å². The predicted molar refractivity (Wildman–Crippen MR) is 134 cm³/mol. The molecule has 6 rings (SSSR count). The number of carbonyl (C=O) groups is 1. The smallest absolute Gasteiger partial charge is 0.257 e. The molecule has 0 spiro atoms. The first-order valence-corrected chi connectivity index (χ1v) is 11.4. The van der Waals surface area contributed by atoms with Gasteiger partial charge in [0.25, 0.3) is 5.91 Å². The van der Waals surface area contributed by atoms with E-state index in [1.54, 1.807) is 0 Å². The van der Waals surface area contributed by atoms with E-state index in [-0.39, 0.29) is 12.7 Å². The second-order valence-electron chi connectivity index (χ2n) is 8.23. The number of nitrogens with zero attached hydrogens (tertiary/aromatic N) is 3. The van der Waals surface area contributed by atoms with Gasteiger partial charge in [-0.3, -0.25) is 4.79 Å². The van der Waals surface area contributed by atoms with E-state index < -0.39 is 0 Å². The summed E-state index contributed by atoms with van der Waals surface area (Å²) in [6, 6.07) is 20.6. The molecular formula is C26H20ClN5O3. The number of ether oxygens (including phenoxy) is 2. The highest BCUT2D eigenvalue weighted by atomic mass is 35.5. The molecule has 1 aliphatic heterocycles. The van der Waals surface area contributed by atoms with Gasteiger partial charge >= 0.3 is 0 Å². The first-order valence-electron chi connectivity index (χ1n) is 11.0. The summed E-state index contributed by atoms with van der Waals surface area (Å²) in [4.78, 5) is 22.9. The summed E-state index contributed by atoms with van der Waals surface area (Å²) >= 11 is 6.05. The maximum atomic E-state index is 13.4. The van der Waals surface area contributed by atoms with Crippen LogP contribution in [0.5, 0.6) is 11.5 Å². The number of carbonyl (C=O) groups excluding carboxylic acids is 1. The molecule has 0 fully saturated rings. The van der Waals surface area contributed by atoms with Gasteiger partial charge in [0.05, 0.1) is 17.6 Å². The molecular weight excluding hydrogens is 466 g/mol. The number of nitrogen functional groups attached to an aromatic ring is 1. The molecule has 3 heterocycles. The van der Waals surface area contributed by atoms with Gasteiger partial charge in [-0.25, -0.2) is 9.97 Å². The molecule has 1 amide bonds. The first-order chi connectivity index (χ1) is 17.1. The molecule has 0 saturated heterocycles. The van der Waals surface area contributed by atoms with Crippen molar-refractivity contribution >= 4 is 45.5 Å². The van der Waals surface area contributed by atoms with E-state index >= 15 is 0 Å². The van der Waals surface area contributed by atoms with Crippen molar-refractivity contribution in [2.24, 2.45) is 0 Å². The van der Waals surface area contributed by atoms with Gasteiger partial charge in [0, 0.05) is 11.6 Å². The number of nitrogens with one attached hydrogen (secondary N) is 1. The summed E-state index contributed by atoms with van der Waals surface area (Å²) in [6.45, 7) is 0.906. The number of hydrogen-bond donors (Lipinski definition) is 2. The fourth-order valence-corrected chi connectivity index (χ4v) is 4.32. The minimum atomic E-state index is -0.329. The van der Waals surface area contributed by atoms with Crippen LogP contribution in [0.25, 0.3) is 22.2 Å². The third-order valence-corrected chi connectivity index (χ3v) is 6.21. The van der Waals surface area contributed by atoms with E-state index in [1.807, 2.05) is 71.3 Å². The minimum absolute atomic E-state index is 0.196. The normalized spacial score (nSPS) is 12.4. The van der Waals surface area contributed by atoms with E-state index in [4.69, 9.17) is 36.8 Å². The summed E-state index contributed by atoms with van der Waals surface area (Å²) in [6.07, 6.45) is 0. The lowest BCUT2D eigenvalue weighted by atomic mass is 10.2. The molecule has 9 heteroatoms. The van der Waals surface area contributed by atoms with Crippen molar-refractivity contribution in [1.82, 2.24) is 19.9 Å². The number of nitrogens with two attached hydrogens (primary N) is 1. The number of halogens is 1. The maximum Gasteiger partial charge on any atom is 0.257 e. The largest absolute Gasteiger partial charge is 0.454 e. The van der Waals surface area contributed by atoms with Crippen molar-refractivity contribution in [1.29, 1.82) is 0 Å². The topological polar surface area (TPSA) is 104 Å². The molecule has 1 aliphatic rings. The van der Waals surface area contributed by atoms with Crippen molar-refractivity contribution in [2.75, 3.05) is 12.5 Å². The van der Waals surface area contributed by atoms with E-state index in [0.717, 1.165) is 16.6 Å². The lowest BCUT2D eigenvalue weighted by molar-refractivity contribution is 0.0953. The Morgan fingerprint density at radius 1 is 0.971 bits per heavy atom. The van der Waals surface area contributed by atoms with Gasteiger partial charge in [-0.1, -0.05) is 41.9 Å². The van der Waals surface area contributed by atoms with Gasteiger partial charge in [-0.2, -0.15) is 0 Å². The summed E-state index contributed by atoms with van der Waals surface area (Å²) < 4.78 is 12.6. The molecule has 35 heavy (non-hydrogen) atoms. The highest BCUT2D eigenvalue weighted by Gasteiger charge is 2.24. The van der Waals surface area contributed by atoms with E-state index in [1.165, 1.54) is 0 Å². The quantitative estimate of drug-likeness (QED) is 0.379. The molecule has 0 radical (unpaired) electrons. The lowest BCUT2D eigenvalue weighted by Gasteiger charge is -2.09. The molecule has 0 atom stereocenters. The standard InChI is InChI=1S/C26H20ClN5O3/c27-17-8-5-15(6-9-17)13-32-24(28)22(23-25(32)31-19-4-2-1-3-18(19)30-23)26(33)29-12-16-7-10-20-21(11-16)35-14-34-20/h1-11H,12-14,28H2,(H,29,33). The zero-order chi connectivity index (χ0) is 23.9. The summed E-state index contributed by atoms with van der Waals surface area (Å²) in [7, 11) is 0.